The van der Waals surface area contributed by atoms with Crippen molar-refractivity contribution in [2.75, 3.05) is 25.5 Å². The van der Waals surface area contributed by atoms with E-state index in [1.165, 1.54) is 4.90 Å². The van der Waals surface area contributed by atoms with E-state index in [4.69, 9.17) is 4.74 Å². The van der Waals surface area contributed by atoms with Crippen LogP contribution < -0.4 is 10.1 Å². The number of para-hydroxylation sites is 1. The monoisotopic (exact) mass is 404 g/mol. The lowest BCUT2D eigenvalue weighted by molar-refractivity contribution is -0.135. The minimum atomic E-state index is -0.269. The van der Waals surface area contributed by atoms with E-state index < -0.39 is 0 Å². The minimum absolute atomic E-state index is 0.0452. The van der Waals surface area contributed by atoms with Crippen molar-refractivity contribution in [2.45, 2.75) is 13.8 Å². The zero-order chi connectivity index (χ0) is 18.4. The van der Waals surface area contributed by atoms with Crippen LogP contribution in [0, 0.1) is 13.8 Å². The van der Waals surface area contributed by atoms with E-state index >= 15 is 0 Å². The molecule has 25 heavy (non-hydrogen) atoms. The number of likely N-dealkylation sites (N-methyl/N-ethyl adjacent to an activating group) is 1. The Kier molecular flexibility index (Phi) is 6.58. The number of amides is 2. The Morgan fingerprint density at radius 3 is 2.56 bits per heavy atom. The molecule has 0 aliphatic rings. The highest BCUT2D eigenvalue weighted by molar-refractivity contribution is 9.10. The summed E-state index contributed by atoms with van der Waals surface area (Å²) in [6.45, 7) is 3.78. The molecule has 0 saturated carbocycles. The highest BCUT2D eigenvalue weighted by Gasteiger charge is 2.15. The molecular formula is C19H21BrN2O3. The number of anilines is 1. The van der Waals surface area contributed by atoms with Crippen molar-refractivity contribution in [1.29, 1.82) is 0 Å². The van der Waals surface area contributed by atoms with Crippen LogP contribution in [0.4, 0.5) is 5.69 Å². The van der Waals surface area contributed by atoms with Crippen LogP contribution >= 0.6 is 15.9 Å². The molecule has 0 unspecified atom stereocenters. The molecular weight excluding hydrogens is 384 g/mol. The van der Waals surface area contributed by atoms with Gasteiger partial charge in [-0.15, -0.1) is 0 Å². The van der Waals surface area contributed by atoms with Crippen molar-refractivity contribution in [1.82, 2.24) is 4.90 Å². The number of benzene rings is 2. The Labute approximate surface area is 156 Å². The number of nitrogens with one attached hydrogen (secondary N) is 1. The summed E-state index contributed by atoms with van der Waals surface area (Å²) in [5, 5.41) is 2.76. The highest BCUT2D eigenvalue weighted by Crippen LogP contribution is 2.21. The lowest BCUT2D eigenvalue weighted by atomic mass is 10.1. The zero-order valence-electron chi connectivity index (χ0n) is 14.5. The van der Waals surface area contributed by atoms with E-state index in [9.17, 15) is 9.59 Å². The number of carbonyl (C=O) groups excluding carboxylic acids is 2. The van der Waals surface area contributed by atoms with Crippen LogP contribution in [0.3, 0.4) is 0 Å². The maximum Gasteiger partial charge on any atom is 0.260 e. The van der Waals surface area contributed by atoms with Crippen LogP contribution in [-0.4, -0.2) is 36.9 Å². The Hall–Kier alpha value is -2.34. The van der Waals surface area contributed by atoms with E-state index in [2.05, 4.69) is 21.2 Å². The summed E-state index contributed by atoms with van der Waals surface area (Å²) in [4.78, 5) is 25.6. The van der Waals surface area contributed by atoms with E-state index in [0.29, 0.717) is 11.4 Å². The average Bonchev–Trinajstić information content (AvgIpc) is 2.55. The van der Waals surface area contributed by atoms with Crippen molar-refractivity contribution in [2.24, 2.45) is 0 Å². The molecule has 2 aromatic carbocycles. The third-order valence-corrected chi connectivity index (χ3v) is 4.33. The molecule has 0 saturated heterocycles. The van der Waals surface area contributed by atoms with Gasteiger partial charge in [-0.05, 0) is 53.5 Å². The molecule has 1 N–H and O–H groups in total. The van der Waals surface area contributed by atoms with Crippen molar-refractivity contribution >= 4 is 33.4 Å². The third-order valence-electron chi connectivity index (χ3n) is 3.64. The van der Waals surface area contributed by atoms with E-state index in [1.54, 1.807) is 13.1 Å². The predicted molar refractivity (Wildman–Crippen MR) is 102 cm³/mol. The molecule has 0 aliphatic carbocycles. The van der Waals surface area contributed by atoms with Gasteiger partial charge in [-0.1, -0.05) is 29.8 Å². The second kappa shape index (κ2) is 8.67. The van der Waals surface area contributed by atoms with Crippen LogP contribution in [0.1, 0.15) is 11.1 Å². The molecule has 132 valence electrons. The predicted octanol–water partition coefficient (Wildman–Crippen LogP) is 3.54. The zero-order valence-corrected chi connectivity index (χ0v) is 16.1. The molecule has 2 amide bonds. The van der Waals surface area contributed by atoms with E-state index in [1.807, 2.05) is 50.2 Å². The van der Waals surface area contributed by atoms with Crippen LogP contribution in [0.2, 0.25) is 0 Å². The first-order chi connectivity index (χ1) is 11.9. The van der Waals surface area contributed by atoms with Gasteiger partial charge in [0.05, 0.1) is 12.2 Å². The van der Waals surface area contributed by atoms with Crippen LogP contribution in [-0.2, 0) is 9.59 Å². The molecule has 2 aromatic rings. The van der Waals surface area contributed by atoms with E-state index in [-0.39, 0.29) is 25.0 Å². The van der Waals surface area contributed by atoms with Crippen molar-refractivity contribution < 1.29 is 14.3 Å². The first-order valence-corrected chi connectivity index (χ1v) is 8.64. The molecule has 0 bridgehead atoms. The summed E-state index contributed by atoms with van der Waals surface area (Å²) in [6, 6.07) is 13.1. The van der Waals surface area contributed by atoms with Gasteiger partial charge >= 0.3 is 0 Å². The number of hydrogen-bond acceptors (Lipinski definition) is 3. The summed E-state index contributed by atoms with van der Waals surface area (Å²) in [5.74, 6) is 0.140. The maximum absolute atomic E-state index is 12.2. The lowest BCUT2D eigenvalue weighted by Gasteiger charge is -2.18. The number of rotatable bonds is 6. The first kappa shape index (κ1) is 19.0. The molecule has 0 radical (unpaired) electrons. The first-order valence-electron chi connectivity index (χ1n) is 7.85. The van der Waals surface area contributed by atoms with Gasteiger partial charge in [-0.3, -0.25) is 9.59 Å². The largest absolute Gasteiger partial charge is 0.484 e. The topological polar surface area (TPSA) is 58.6 Å². The Morgan fingerprint density at radius 2 is 1.88 bits per heavy atom. The fourth-order valence-corrected chi connectivity index (χ4v) is 2.65. The molecule has 0 aromatic heterocycles. The fraction of sp³-hybridized carbons (Fsp3) is 0.263. The van der Waals surface area contributed by atoms with Gasteiger partial charge in [0, 0.05) is 11.5 Å². The summed E-state index contributed by atoms with van der Waals surface area (Å²) in [5.41, 5.74) is 2.78. The second-order valence-corrected chi connectivity index (χ2v) is 6.69. The molecule has 5 nitrogen and oxygen atoms in total. The summed E-state index contributed by atoms with van der Waals surface area (Å²) in [7, 11) is 1.58. The molecule has 6 heteroatoms. The molecule has 0 heterocycles. The van der Waals surface area contributed by atoms with Gasteiger partial charge in [-0.25, -0.2) is 0 Å². The fourth-order valence-electron chi connectivity index (χ4n) is 2.27. The Balaban J connectivity index is 1.85. The maximum atomic E-state index is 12.2. The Bertz CT molecular complexity index is 777. The standard InChI is InChI=1S/C19H21BrN2O3/c1-13-8-9-17(14(2)10-13)25-12-19(24)22(3)11-18(23)21-16-7-5-4-6-15(16)20/h4-10H,11-12H2,1-3H3,(H,21,23). The summed E-state index contributed by atoms with van der Waals surface area (Å²) < 4.78 is 6.35. The number of aryl methyl sites for hydroxylation is 2. The highest BCUT2D eigenvalue weighted by atomic mass is 79.9. The number of nitrogens with zero attached hydrogens (tertiary/aromatic N) is 1. The minimum Gasteiger partial charge on any atom is -0.484 e. The SMILES string of the molecule is Cc1ccc(OCC(=O)N(C)CC(=O)Nc2ccccc2Br)c(C)c1. The van der Waals surface area contributed by atoms with Gasteiger partial charge in [0.2, 0.25) is 5.91 Å². The van der Waals surface area contributed by atoms with Gasteiger partial charge < -0.3 is 15.0 Å². The van der Waals surface area contributed by atoms with Gasteiger partial charge in [0.15, 0.2) is 6.61 Å². The van der Waals surface area contributed by atoms with Crippen LogP contribution in [0.15, 0.2) is 46.9 Å². The molecule has 0 fully saturated rings. The van der Waals surface area contributed by atoms with Crippen molar-refractivity contribution in [3.63, 3.8) is 0 Å². The molecule has 0 atom stereocenters. The van der Waals surface area contributed by atoms with Crippen LogP contribution in [0.25, 0.3) is 0 Å². The summed E-state index contributed by atoms with van der Waals surface area (Å²) >= 11 is 3.37. The summed E-state index contributed by atoms with van der Waals surface area (Å²) in [6.07, 6.45) is 0. The second-order valence-electron chi connectivity index (χ2n) is 5.84. The van der Waals surface area contributed by atoms with Gasteiger partial charge in [0.25, 0.3) is 5.91 Å². The molecule has 2 rings (SSSR count). The smallest absolute Gasteiger partial charge is 0.260 e. The van der Waals surface area contributed by atoms with Crippen LogP contribution in [0.5, 0.6) is 5.75 Å². The van der Waals surface area contributed by atoms with Crippen molar-refractivity contribution in [3.8, 4) is 5.75 Å². The molecule has 0 spiro atoms. The van der Waals surface area contributed by atoms with Gasteiger partial charge in [-0.2, -0.15) is 0 Å². The number of hydrogen-bond donors (Lipinski definition) is 1. The third kappa shape index (κ3) is 5.60. The molecule has 0 aliphatic heterocycles. The Morgan fingerprint density at radius 1 is 1.16 bits per heavy atom. The lowest BCUT2D eigenvalue weighted by Crippen LogP contribution is -2.37. The number of halogens is 1. The average molecular weight is 405 g/mol. The number of carbonyl (C=O) groups is 2. The number of ether oxygens (including phenoxy) is 1. The normalized spacial score (nSPS) is 10.2. The van der Waals surface area contributed by atoms with Gasteiger partial charge in [0.1, 0.15) is 5.75 Å². The van der Waals surface area contributed by atoms with E-state index in [0.717, 1.165) is 15.6 Å². The quantitative estimate of drug-likeness (QED) is 0.800. The van der Waals surface area contributed by atoms with Crippen molar-refractivity contribution in [3.05, 3.63) is 58.1 Å².